The zero-order valence-corrected chi connectivity index (χ0v) is 4.94. The lowest BCUT2D eigenvalue weighted by Crippen LogP contribution is -1.49. The lowest BCUT2D eigenvalue weighted by Gasteiger charge is -1.69. The van der Waals surface area contributed by atoms with Crippen molar-refractivity contribution in [2.75, 3.05) is 0 Å². The molecule has 0 nitrogen and oxygen atoms in total. The van der Waals surface area contributed by atoms with Crippen LogP contribution in [0, 0.1) is 6.08 Å². The zero-order valence-electron chi connectivity index (χ0n) is 4.94. The Morgan fingerprint density at radius 1 is 1.57 bits per heavy atom. The molecule has 0 unspecified atom stereocenters. The van der Waals surface area contributed by atoms with E-state index in [4.69, 9.17) is 0 Å². The van der Waals surface area contributed by atoms with Crippen LogP contribution in [0.2, 0.25) is 0 Å². The molecule has 0 aliphatic rings. The highest BCUT2D eigenvalue weighted by Crippen LogP contribution is 1.78. The molecule has 0 aromatic carbocycles. The van der Waals surface area contributed by atoms with Gasteiger partial charge in [-0.2, -0.15) is 0 Å². The van der Waals surface area contributed by atoms with E-state index in [1.807, 2.05) is 19.1 Å². The molecule has 0 heteroatoms. The fourth-order valence-electron chi connectivity index (χ4n) is 0.282. The Hall–Kier alpha value is -0.520. The van der Waals surface area contributed by atoms with Gasteiger partial charge in [-0.05, 0) is 19.4 Å². The van der Waals surface area contributed by atoms with Crippen LogP contribution in [-0.4, -0.2) is 0 Å². The first-order valence-electron chi connectivity index (χ1n) is 2.60. The van der Waals surface area contributed by atoms with Gasteiger partial charge >= 0.3 is 0 Å². The first-order valence-corrected chi connectivity index (χ1v) is 2.60. The number of hydrogen-bond donors (Lipinski definition) is 0. The highest BCUT2D eigenvalue weighted by molar-refractivity contribution is 4.92. The maximum absolute atomic E-state index is 2.94. The van der Waals surface area contributed by atoms with Gasteiger partial charge in [-0.25, -0.2) is 0 Å². The van der Waals surface area contributed by atoms with Gasteiger partial charge in [0.15, 0.2) is 0 Å². The third kappa shape index (κ3) is 5.48. The molecule has 39 valence electrons. The molecule has 0 aromatic rings. The topological polar surface area (TPSA) is 0 Å². The standard InChI is InChI=1S/C7H11/c1-3-5-7-6-4-2/h3,6-7H,4H2,1-2H3. The minimum absolute atomic E-state index is 1.10. The molecule has 0 aliphatic heterocycles. The van der Waals surface area contributed by atoms with Crippen molar-refractivity contribution >= 4 is 0 Å². The lowest BCUT2D eigenvalue weighted by molar-refractivity contribution is 1.22. The maximum Gasteiger partial charge on any atom is -0.0233 e. The largest absolute Gasteiger partial charge is 0.0842 e. The molecule has 0 saturated heterocycles. The van der Waals surface area contributed by atoms with Crippen LogP contribution in [0.5, 0.6) is 0 Å². The normalized spacial score (nSPS) is 11.7. The van der Waals surface area contributed by atoms with Crippen molar-refractivity contribution in [3.63, 3.8) is 0 Å². The molecule has 0 aromatic heterocycles. The van der Waals surface area contributed by atoms with E-state index in [0.717, 1.165) is 6.42 Å². The predicted molar refractivity (Wildman–Crippen MR) is 32.9 cm³/mol. The molecule has 0 fully saturated rings. The highest BCUT2D eigenvalue weighted by Gasteiger charge is 1.58. The molecule has 0 rings (SSSR count). The van der Waals surface area contributed by atoms with Gasteiger partial charge in [-0.1, -0.05) is 25.2 Å². The molecule has 7 heavy (non-hydrogen) atoms. The van der Waals surface area contributed by atoms with E-state index in [1.54, 1.807) is 0 Å². The van der Waals surface area contributed by atoms with Crippen LogP contribution in [0.4, 0.5) is 0 Å². The monoisotopic (exact) mass is 95.1 g/mol. The first kappa shape index (κ1) is 6.48. The molecule has 1 radical (unpaired) electrons. The smallest absolute Gasteiger partial charge is 0.0233 e. The van der Waals surface area contributed by atoms with E-state index in [0.29, 0.717) is 0 Å². The van der Waals surface area contributed by atoms with Crippen LogP contribution in [0.3, 0.4) is 0 Å². The summed E-state index contributed by atoms with van der Waals surface area (Å²) in [4.78, 5) is 0. The molecular weight excluding hydrogens is 84.1 g/mol. The van der Waals surface area contributed by atoms with E-state index in [9.17, 15) is 0 Å². The van der Waals surface area contributed by atoms with Crippen LogP contribution >= 0.6 is 0 Å². The third-order valence-corrected chi connectivity index (χ3v) is 0.616. The molecule has 0 bridgehead atoms. The molecule has 0 saturated carbocycles. The van der Waals surface area contributed by atoms with Crippen molar-refractivity contribution in [2.45, 2.75) is 20.3 Å². The quantitative estimate of drug-likeness (QED) is 0.462. The fraction of sp³-hybridized carbons (Fsp3) is 0.429. The number of rotatable bonds is 2. The van der Waals surface area contributed by atoms with Crippen molar-refractivity contribution in [1.82, 2.24) is 0 Å². The summed E-state index contributed by atoms with van der Waals surface area (Å²) in [6.07, 6.45) is 9.94. The Morgan fingerprint density at radius 2 is 2.29 bits per heavy atom. The minimum Gasteiger partial charge on any atom is -0.0842 e. The summed E-state index contributed by atoms with van der Waals surface area (Å²) >= 11 is 0. The summed E-state index contributed by atoms with van der Waals surface area (Å²) in [7, 11) is 0. The summed E-state index contributed by atoms with van der Waals surface area (Å²) in [6, 6.07) is 0. The van der Waals surface area contributed by atoms with Gasteiger partial charge < -0.3 is 0 Å². The van der Waals surface area contributed by atoms with E-state index < -0.39 is 0 Å². The molecular formula is C7H11. The Labute approximate surface area is 45.5 Å². The number of allylic oxidation sites excluding steroid dienone is 4. The lowest BCUT2D eigenvalue weighted by atomic mass is 10.4. The highest BCUT2D eigenvalue weighted by atomic mass is 13.6. The number of hydrogen-bond acceptors (Lipinski definition) is 0. The van der Waals surface area contributed by atoms with Crippen LogP contribution in [0.25, 0.3) is 0 Å². The van der Waals surface area contributed by atoms with Crippen molar-refractivity contribution in [3.8, 4) is 0 Å². The van der Waals surface area contributed by atoms with Crippen molar-refractivity contribution in [1.29, 1.82) is 0 Å². The molecule has 0 N–H and O–H groups in total. The van der Waals surface area contributed by atoms with E-state index in [2.05, 4.69) is 19.1 Å². The second kappa shape index (κ2) is 5.48. The first-order chi connectivity index (χ1) is 3.41. The van der Waals surface area contributed by atoms with Crippen molar-refractivity contribution in [3.05, 3.63) is 24.3 Å². The van der Waals surface area contributed by atoms with Gasteiger partial charge in [0.25, 0.3) is 0 Å². The van der Waals surface area contributed by atoms with Gasteiger partial charge in [0.05, 0.1) is 0 Å². The molecule has 0 spiro atoms. The van der Waals surface area contributed by atoms with Gasteiger partial charge in [-0.15, -0.1) is 0 Å². The van der Waals surface area contributed by atoms with Crippen molar-refractivity contribution in [2.24, 2.45) is 0 Å². The molecule has 0 atom stereocenters. The fourth-order valence-corrected chi connectivity index (χ4v) is 0.282. The van der Waals surface area contributed by atoms with Crippen LogP contribution in [-0.2, 0) is 0 Å². The summed E-state index contributed by atoms with van der Waals surface area (Å²) in [5.74, 6) is 0. The average molecular weight is 95.2 g/mol. The molecule has 0 heterocycles. The Kier molecular flexibility index (Phi) is 5.07. The SMILES string of the molecule is C/C=[C]/C=CCC. The van der Waals surface area contributed by atoms with Gasteiger partial charge in [0.1, 0.15) is 0 Å². The van der Waals surface area contributed by atoms with E-state index >= 15 is 0 Å². The van der Waals surface area contributed by atoms with Crippen LogP contribution < -0.4 is 0 Å². The van der Waals surface area contributed by atoms with Crippen LogP contribution in [0.1, 0.15) is 20.3 Å². The Morgan fingerprint density at radius 3 is 2.71 bits per heavy atom. The summed E-state index contributed by atoms with van der Waals surface area (Å²) < 4.78 is 0. The third-order valence-electron chi connectivity index (χ3n) is 0.616. The maximum atomic E-state index is 2.94. The molecule has 0 aliphatic carbocycles. The Balaban J connectivity index is 3.09. The summed E-state index contributed by atoms with van der Waals surface area (Å²) in [6.45, 7) is 4.06. The van der Waals surface area contributed by atoms with Gasteiger partial charge in [0, 0.05) is 0 Å². The second-order valence-electron chi connectivity index (χ2n) is 1.27. The van der Waals surface area contributed by atoms with Crippen LogP contribution in [0.15, 0.2) is 18.2 Å². The minimum atomic E-state index is 1.10. The summed E-state index contributed by atoms with van der Waals surface area (Å²) in [5.41, 5.74) is 0. The average Bonchev–Trinajstić information content (AvgIpc) is 1.69. The van der Waals surface area contributed by atoms with E-state index in [1.165, 1.54) is 0 Å². The van der Waals surface area contributed by atoms with E-state index in [-0.39, 0.29) is 0 Å². The Bertz CT molecular complexity index is 68.1. The zero-order chi connectivity index (χ0) is 5.54. The second-order valence-corrected chi connectivity index (χ2v) is 1.27. The van der Waals surface area contributed by atoms with Gasteiger partial charge in [0.2, 0.25) is 0 Å². The molecule has 0 amide bonds. The van der Waals surface area contributed by atoms with Gasteiger partial charge in [-0.3, -0.25) is 0 Å². The summed E-state index contributed by atoms with van der Waals surface area (Å²) in [5, 5.41) is 0. The van der Waals surface area contributed by atoms with Crippen molar-refractivity contribution < 1.29 is 0 Å². The predicted octanol–water partition coefficient (Wildman–Crippen LogP) is 2.33.